The van der Waals surface area contributed by atoms with Crippen LogP contribution in [0.25, 0.3) is 0 Å². The van der Waals surface area contributed by atoms with E-state index in [0.29, 0.717) is 19.6 Å². The smallest absolute Gasteiger partial charge is 0.222 e. The average Bonchev–Trinajstić information content (AvgIpc) is 2.49. The third kappa shape index (κ3) is 4.51. The first-order valence-electron chi connectivity index (χ1n) is 7.00. The van der Waals surface area contributed by atoms with Crippen LogP contribution in [-0.4, -0.2) is 45.4 Å². The van der Waals surface area contributed by atoms with E-state index in [0.717, 1.165) is 30.8 Å². The van der Waals surface area contributed by atoms with Crippen LogP contribution >= 0.6 is 0 Å². The molecule has 1 aliphatic heterocycles. The van der Waals surface area contributed by atoms with E-state index in [2.05, 4.69) is 10.6 Å². The van der Waals surface area contributed by atoms with Gasteiger partial charge in [-0.3, -0.25) is 4.79 Å². The van der Waals surface area contributed by atoms with Crippen molar-refractivity contribution in [3.8, 4) is 5.75 Å². The van der Waals surface area contributed by atoms with Gasteiger partial charge in [-0.05, 0) is 18.1 Å². The Bertz CT molecular complexity index is 431. The Kier molecular flexibility index (Phi) is 5.83. The summed E-state index contributed by atoms with van der Waals surface area (Å²) in [5.74, 6) is 0.898. The molecular weight excluding hydrogens is 256 g/mol. The Morgan fingerprint density at radius 2 is 2.35 bits per heavy atom. The number of hydrogen-bond donors (Lipinski definition) is 2. The molecule has 1 amide bonds. The van der Waals surface area contributed by atoms with Crippen LogP contribution in [0.1, 0.15) is 12.0 Å². The van der Waals surface area contributed by atoms with Crippen molar-refractivity contribution >= 4 is 5.91 Å². The number of morpholine rings is 1. The second-order valence-electron chi connectivity index (χ2n) is 4.81. The maximum Gasteiger partial charge on any atom is 0.222 e. The maximum atomic E-state index is 11.8. The van der Waals surface area contributed by atoms with Crippen LogP contribution in [0.2, 0.25) is 0 Å². The SMILES string of the molecule is COc1ccccc1CCNC(=O)CC1CNCCO1. The van der Waals surface area contributed by atoms with Gasteiger partial charge in [0.2, 0.25) is 5.91 Å². The molecule has 20 heavy (non-hydrogen) atoms. The Hall–Kier alpha value is -1.59. The van der Waals surface area contributed by atoms with Gasteiger partial charge in [-0.15, -0.1) is 0 Å². The molecule has 5 heteroatoms. The van der Waals surface area contributed by atoms with E-state index in [9.17, 15) is 4.79 Å². The van der Waals surface area contributed by atoms with Crippen LogP contribution in [0.15, 0.2) is 24.3 Å². The maximum absolute atomic E-state index is 11.8. The minimum Gasteiger partial charge on any atom is -0.496 e. The zero-order valence-corrected chi connectivity index (χ0v) is 11.9. The summed E-state index contributed by atoms with van der Waals surface area (Å²) in [6, 6.07) is 7.85. The second kappa shape index (κ2) is 7.87. The fourth-order valence-corrected chi connectivity index (χ4v) is 2.28. The highest BCUT2D eigenvalue weighted by Crippen LogP contribution is 2.17. The molecule has 2 N–H and O–H groups in total. The summed E-state index contributed by atoms with van der Waals surface area (Å²) >= 11 is 0. The zero-order chi connectivity index (χ0) is 14.2. The minimum absolute atomic E-state index is 0.00462. The molecular formula is C15H22N2O3. The van der Waals surface area contributed by atoms with Gasteiger partial charge < -0.3 is 20.1 Å². The number of hydrogen-bond acceptors (Lipinski definition) is 4. The first-order chi connectivity index (χ1) is 9.79. The number of amides is 1. The largest absolute Gasteiger partial charge is 0.496 e. The lowest BCUT2D eigenvalue weighted by molar-refractivity contribution is -0.124. The molecule has 110 valence electrons. The first-order valence-corrected chi connectivity index (χ1v) is 7.00. The highest BCUT2D eigenvalue weighted by molar-refractivity contribution is 5.76. The van der Waals surface area contributed by atoms with Crippen molar-refractivity contribution in [3.05, 3.63) is 29.8 Å². The standard InChI is InChI=1S/C15H22N2O3/c1-19-14-5-3-2-4-12(14)6-7-17-15(18)10-13-11-16-8-9-20-13/h2-5,13,16H,6-11H2,1H3,(H,17,18). The topological polar surface area (TPSA) is 59.6 Å². The average molecular weight is 278 g/mol. The number of carbonyl (C=O) groups is 1. The lowest BCUT2D eigenvalue weighted by Gasteiger charge is -2.23. The van der Waals surface area contributed by atoms with Crippen LogP contribution < -0.4 is 15.4 Å². The number of methoxy groups -OCH3 is 1. The molecule has 0 radical (unpaired) electrons. The molecule has 1 aromatic rings. The van der Waals surface area contributed by atoms with E-state index in [1.54, 1.807) is 7.11 Å². The van der Waals surface area contributed by atoms with Crippen LogP contribution in [0.4, 0.5) is 0 Å². The summed E-state index contributed by atoms with van der Waals surface area (Å²) in [7, 11) is 1.66. The molecule has 0 spiro atoms. The van der Waals surface area contributed by atoms with Gasteiger partial charge in [0.05, 0.1) is 26.2 Å². The van der Waals surface area contributed by atoms with Crippen molar-refractivity contribution in [2.75, 3.05) is 33.4 Å². The van der Waals surface area contributed by atoms with Crippen molar-refractivity contribution in [1.82, 2.24) is 10.6 Å². The van der Waals surface area contributed by atoms with Crippen molar-refractivity contribution in [2.45, 2.75) is 18.9 Å². The van der Waals surface area contributed by atoms with Crippen molar-refractivity contribution in [3.63, 3.8) is 0 Å². The molecule has 0 aromatic heterocycles. The Balaban J connectivity index is 1.70. The first kappa shape index (κ1) is 14.8. The van der Waals surface area contributed by atoms with Crippen LogP contribution in [0, 0.1) is 0 Å². The number of ether oxygens (including phenoxy) is 2. The molecule has 2 rings (SSSR count). The van der Waals surface area contributed by atoms with Crippen LogP contribution in [-0.2, 0) is 16.0 Å². The monoisotopic (exact) mass is 278 g/mol. The Labute approximate surface area is 119 Å². The van der Waals surface area contributed by atoms with Gasteiger partial charge in [0.25, 0.3) is 0 Å². The number of para-hydroxylation sites is 1. The highest BCUT2D eigenvalue weighted by Gasteiger charge is 2.16. The van der Waals surface area contributed by atoms with Gasteiger partial charge in [-0.2, -0.15) is 0 Å². The number of carbonyl (C=O) groups excluding carboxylic acids is 1. The van der Waals surface area contributed by atoms with E-state index in [4.69, 9.17) is 9.47 Å². The fraction of sp³-hybridized carbons (Fsp3) is 0.533. The lowest BCUT2D eigenvalue weighted by Crippen LogP contribution is -2.41. The van der Waals surface area contributed by atoms with Gasteiger partial charge in [-0.25, -0.2) is 0 Å². The molecule has 1 aliphatic rings. The predicted molar refractivity (Wildman–Crippen MR) is 76.9 cm³/mol. The van der Waals surface area contributed by atoms with Crippen molar-refractivity contribution in [2.24, 2.45) is 0 Å². The minimum atomic E-state index is -0.00462. The lowest BCUT2D eigenvalue weighted by atomic mass is 10.1. The molecule has 0 bridgehead atoms. The number of nitrogens with one attached hydrogen (secondary N) is 2. The molecule has 1 heterocycles. The summed E-state index contributed by atoms with van der Waals surface area (Å²) in [4.78, 5) is 11.8. The molecule has 1 atom stereocenters. The zero-order valence-electron chi connectivity index (χ0n) is 11.9. The summed E-state index contributed by atoms with van der Waals surface area (Å²) in [6.45, 7) is 2.91. The number of rotatable bonds is 6. The van der Waals surface area contributed by atoms with E-state index in [1.807, 2.05) is 24.3 Å². The third-order valence-corrected chi connectivity index (χ3v) is 3.33. The summed E-state index contributed by atoms with van der Waals surface area (Å²) in [6.07, 6.45) is 1.17. The summed E-state index contributed by atoms with van der Waals surface area (Å²) < 4.78 is 10.8. The van der Waals surface area contributed by atoms with E-state index >= 15 is 0 Å². The number of benzene rings is 1. The van der Waals surface area contributed by atoms with Gasteiger partial charge in [-0.1, -0.05) is 18.2 Å². The Morgan fingerprint density at radius 3 is 3.10 bits per heavy atom. The fourth-order valence-electron chi connectivity index (χ4n) is 2.28. The summed E-state index contributed by atoms with van der Waals surface area (Å²) in [5, 5.41) is 6.14. The quantitative estimate of drug-likeness (QED) is 0.805. The third-order valence-electron chi connectivity index (χ3n) is 3.33. The van der Waals surface area contributed by atoms with Gasteiger partial charge in [0.1, 0.15) is 5.75 Å². The molecule has 1 saturated heterocycles. The van der Waals surface area contributed by atoms with Crippen LogP contribution in [0.3, 0.4) is 0 Å². The Morgan fingerprint density at radius 1 is 1.50 bits per heavy atom. The second-order valence-corrected chi connectivity index (χ2v) is 4.81. The van der Waals surface area contributed by atoms with Crippen molar-refractivity contribution in [1.29, 1.82) is 0 Å². The van der Waals surface area contributed by atoms with E-state index in [-0.39, 0.29) is 12.0 Å². The highest BCUT2D eigenvalue weighted by atomic mass is 16.5. The summed E-state index contributed by atoms with van der Waals surface area (Å²) in [5.41, 5.74) is 1.10. The van der Waals surface area contributed by atoms with E-state index in [1.165, 1.54) is 0 Å². The molecule has 1 fully saturated rings. The van der Waals surface area contributed by atoms with Gasteiger partial charge in [0.15, 0.2) is 0 Å². The molecule has 5 nitrogen and oxygen atoms in total. The molecule has 1 aromatic carbocycles. The van der Waals surface area contributed by atoms with Gasteiger partial charge >= 0.3 is 0 Å². The van der Waals surface area contributed by atoms with Gasteiger partial charge in [0, 0.05) is 19.6 Å². The molecule has 1 unspecified atom stereocenters. The predicted octanol–water partition coefficient (Wildman–Crippen LogP) is 0.732. The van der Waals surface area contributed by atoms with Crippen molar-refractivity contribution < 1.29 is 14.3 Å². The van der Waals surface area contributed by atoms with E-state index < -0.39 is 0 Å². The molecule has 0 aliphatic carbocycles. The normalized spacial score (nSPS) is 18.6. The molecule has 0 saturated carbocycles. The van der Waals surface area contributed by atoms with Crippen LogP contribution in [0.5, 0.6) is 5.75 Å².